The van der Waals surface area contributed by atoms with Crippen LogP contribution in [-0.4, -0.2) is 27.4 Å². The number of carbonyl (C=O) groups is 1. The number of rotatable bonds is 5. The van der Waals surface area contributed by atoms with Gasteiger partial charge in [0, 0.05) is 25.7 Å². The molecule has 1 N–H and O–H groups in total. The normalized spacial score (nSPS) is 10.9. The molecule has 0 unspecified atom stereocenters. The Hall–Kier alpha value is -2.73. The predicted molar refractivity (Wildman–Crippen MR) is 111 cm³/mol. The topological polar surface area (TPSA) is 58.1 Å². The molecular weight excluding hydrogens is 358 g/mol. The predicted octanol–water partition coefficient (Wildman–Crippen LogP) is 3.91. The van der Waals surface area contributed by atoms with E-state index >= 15 is 0 Å². The van der Waals surface area contributed by atoms with Crippen LogP contribution in [0.1, 0.15) is 35.3 Å². The lowest BCUT2D eigenvalue weighted by Gasteiger charge is -2.18. The number of H-pyrrole nitrogens is 1. The number of hydrogen-bond donors (Lipinski definition) is 1. The summed E-state index contributed by atoms with van der Waals surface area (Å²) in [6, 6.07) is 13.4. The third-order valence-corrected chi connectivity index (χ3v) is 5.07. The summed E-state index contributed by atoms with van der Waals surface area (Å²) in [7, 11) is 1.78. The lowest BCUT2D eigenvalue weighted by molar-refractivity contribution is 0.0785. The van der Waals surface area contributed by atoms with Crippen molar-refractivity contribution < 1.29 is 4.79 Å². The maximum atomic E-state index is 12.8. The van der Waals surface area contributed by atoms with Crippen LogP contribution in [0.5, 0.6) is 0 Å². The maximum absolute atomic E-state index is 12.8. The SMILES string of the molecule is CCc1ccc(CN(C)C(=O)c2ccc3c(=O)n(CC)c(=S)[nH]c3c2)cc1. The van der Waals surface area contributed by atoms with E-state index in [2.05, 4.69) is 24.0 Å². The molecule has 1 amide bonds. The number of aromatic amines is 1. The fraction of sp³-hybridized carbons (Fsp3) is 0.286. The number of aryl methyl sites for hydroxylation is 1. The summed E-state index contributed by atoms with van der Waals surface area (Å²) >= 11 is 5.25. The standard InChI is InChI=1S/C21H23N3O2S/c1-4-14-6-8-15(9-7-14)13-23(3)19(25)16-10-11-17-18(12-16)22-21(27)24(5-2)20(17)26/h6-12H,4-5,13H2,1-3H3,(H,22,27). The Balaban J connectivity index is 1.88. The van der Waals surface area contributed by atoms with Crippen molar-refractivity contribution in [3.8, 4) is 0 Å². The third kappa shape index (κ3) is 3.85. The largest absolute Gasteiger partial charge is 0.337 e. The van der Waals surface area contributed by atoms with Crippen molar-refractivity contribution in [2.45, 2.75) is 33.4 Å². The number of amides is 1. The minimum Gasteiger partial charge on any atom is -0.337 e. The first-order valence-corrected chi connectivity index (χ1v) is 9.45. The fourth-order valence-corrected chi connectivity index (χ4v) is 3.44. The highest BCUT2D eigenvalue weighted by Crippen LogP contribution is 2.14. The number of fused-ring (bicyclic) bond motifs is 1. The van der Waals surface area contributed by atoms with Crippen molar-refractivity contribution in [1.82, 2.24) is 14.5 Å². The van der Waals surface area contributed by atoms with Crippen LogP contribution in [0.4, 0.5) is 0 Å². The summed E-state index contributed by atoms with van der Waals surface area (Å²) in [5, 5.41) is 0.528. The summed E-state index contributed by atoms with van der Waals surface area (Å²) in [6.45, 7) is 5.01. The highest BCUT2D eigenvalue weighted by Gasteiger charge is 2.14. The van der Waals surface area contributed by atoms with Gasteiger partial charge in [0.25, 0.3) is 11.5 Å². The van der Waals surface area contributed by atoms with E-state index in [-0.39, 0.29) is 11.5 Å². The smallest absolute Gasteiger partial charge is 0.262 e. The van der Waals surface area contributed by atoms with Gasteiger partial charge < -0.3 is 9.88 Å². The first kappa shape index (κ1) is 19.0. The van der Waals surface area contributed by atoms with E-state index in [9.17, 15) is 9.59 Å². The van der Waals surface area contributed by atoms with Crippen LogP contribution in [0.25, 0.3) is 10.9 Å². The van der Waals surface area contributed by atoms with Crippen LogP contribution in [0, 0.1) is 4.77 Å². The molecule has 140 valence electrons. The zero-order chi connectivity index (χ0) is 19.6. The Bertz CT molecular complexity index is 1100. The van der Waals surface area contributed by atoms with Gasteiger partial charge in [0.05, 0.1) is 10.9 Å². The molecular formula is C21H23N3O2S. The highest BCUT2D eigenvalue weighted by molar-refractivity contribution is 7.71. The van der Waals surface area contributed by atoms with E-state index in [1.807, 2.05) is 19.1 Å². The summed E-state index contributed by atoms with van der Waals surface area (Å²) < 4.78 is 1.87. The molecule has 0 spiro atoms. The Morgan fingerprint density at radius 1 is 1.11 bits per heavy atom. The lowest BCUT2D eigenvalue weighted by Crippen LogP contribution is -2.26. The quantitative estimate of drug-likeness (QED) is 0.682. The summed E-state index contributed by atoms with van der Waals surface area (Å²) in [5.41, 5.74) is 3.32. The summed E-state index contributed by atoms with van der Waals surface area (Å²) in [6.07, 6.45) is 0.993. The number of benzene rings is 2. The van der Waals surface area contributed by atoms with E-state index < -0.39 is 0 Å². The maximum Gasteiger partial charge on any atom is 0.262 e. The zero-order valence-corrected chi connectivity index (χ0v) is 16.6. The Labute approximate surface area is 163 Å². The molecule has 27 heavy (non-hydrogen) atoms. The second-order valence-electron chi connectivity index (χ2n) is 6.57. The molecule has 0 bridgehead atoms. The summed E-state index contributed by atoms with van der Waals surface area (Å²) in [4.78, 5) is 30.0. The molecule has 5 nitrogen and oxygen atoms in total. The molecule has 3 aromatic rings. The Morgan fingerprint density at radius 3 is 2.41 bits per heavy atom. The van der Waals surface area contributed by atoms with Gasteiger partial charge in [-0.1, -0.05) is 31.2 Å². The van der Waals surface area contributed by atoms with Crippen LogP contribution in [0.2, 0.25) is 0 Å². The molecule has 6 heteroatoms. The molecule has 3 rings (SSSR count). The van der Waals surface area contributed by atoms with Crippen LogP contribution in [0.3, 0.4) is 0 Å². The molecule has 0 atom stereocenters. The molecule has 1 aromatic heterocycles. The van der Waals surface area contributed by atoms with Gasteiger partial charge in [-0.2, -0.15) is 0 Å². The molecule has 0 aliphatic rings. The first-order chi connectivity index (χ1) is 12.9. The van der Waals surface area contributed by atoms with Gasteiger partial charge in [-0.05, 0) is 54.9 Å². The number of hydrogen-bond acceptors (Lipinski definition) is 3. The number of nitrogens with zero attached hydrogens (tertiary/aromatic N) is 2. The van der Waals surface area contributed by atoms with Gasteiger partial charge in [-0.15, -0.1) is 0 Å². The summed E-state index contributed by atoms with van der Waals surface area (Å²) in [5.74, 6) is -0.101. The van der Waals surface area contributed by atoms with Gasteiger partial charge in [0.1, 0.15) is 0 Å². The lowest BCUT2D eigenvalue weighted by atomic mass is 10.1. The number of carbonyl (C=O) groups excluding carboxylic acids is 1. The Kier molecular flexibility index (Phi) is 5.56. The van der Waals surface area contributed by atoms with E-state index in [1.54, 1.807) is 30.1 Å². The fourth-order valence-electron chi connectivity index (χ4n) is 3.12. The van der Waals surface area contributed by atoms with Gasteiger partial charge >= 0.3 is 0 Å². The second-order valence-corrected chi connectivity index (χ2v) is 6.96. The van der Waals surface area contributed by atoms with Gasteiger partial charge in [0.2, 0.25) is 0 Å². The third-order valence-electron chi connectivity index (χ3n) is 4.74. The van der Waals surface area contributed by atoms with Gasteiger partial charge in [-0.25, -0.2) is 0 Å². The van der Waals surface area contributed by atoms with Crippen molar-refractivity contribution in [2.75, 3.05) is 7.05 Å². The molecule has 0 aliphatic carbocycles. The van der Waals surface area contributed by atoms with E-state index in [0.717, 1.165) is 12.0 Å². The molecule has 0 radical (unpaired) electrons. The van der Waals surface area contributed by atoms with E-state index in [0.29, 0.717) is 34.3 Å². The first-order valence-electron chi connectivity index (χ1n) is 9.04. The average molecular weight is 382 g/mol. The van der Waals surface area contributed by atoms with Crippen LogP contribution >= 0.6 is 12.2 Å². The molecule has 0 aliphatic heterocycles. The second kappa shape index (κ2) is 7.88. The highest BCUT2D eigenvalue weighted by atomic mass is 32.1. The van der Waals surface area contributed by atoms with Crippen molar-refractivity contribution in [3.63, 3.8) is 0 Å². The van der Waals surface area contributed by atoms with Crippen molar-refractivity contribution in [1.29, 1.82) is 0 Å². The van der Waals surface area contributed by atoms with Crippen LogP contribution in [-0.2, 0) is 19.5 Å². The van der Waals surface area contributed by atoms with E-state index in [4.69, 9.17) is 12.2 Å². The molecule has 0 fully saturated rings. The number of aromatic nitrogens is 2. The number of nitrogens with one attached hydrogen (secondary N) is 1. The van der Waals surface area contributed by atoms with Gasteiger partial charge in [0.15, 0.2) is 4.77 Å². The van der Waals surface area contributed by atoms with Crippen molar-refractivity contribution >= 4 is 29.0 Å². The van der Waals surface area contributed by atoms with E-state index in [1.165, 1.54) is 10.1 Å². The van der Waals surface area contributed by atoms with Crippen LogP contribution < -0.4 is 5.56 Å². The Morgan fingerprint density at radius 2 is 1.78 bits per heavy atom. The van der Waals surface area contributed by atoms with Crippen molar-refractivity contribution in [2.24, 2.45) is 0 Å². The minimum absolute atomic E-state index is 0.101. The average Bonchev–Trinajstić information content (AvgIpc) is 2.67. The minimum atomic E-state index is -0.139. The monoisotopic (exact) mass is 381 g/mol. The molecule has 1 heterocycles. The van der Waals surface area contributed by atoms with Crippen molar-refractivity contribution in [3.05, 3.63) is 74.3 Å². The van der Waals surface area contributed by atoms with Crippen LogP contribution in [0.15, 0.2) is 47.3 Å². The molecule has 0 saturated heterocycles. The van der Waals surface area contributed by atoms with Gasteiger partial charge in [-0.3, -0.25) is 14.2 Å². The molecule has 2 aromatic carbocycles. The molecule has 0 saturated carbocycles. The zero-order valence-electron chi connectivity index (χ0n) is 15.8.